The van der Waals surface area contributed by atoms with E-state index in [0.29, 0.717) is 15.9 Å². The van der Waals surface area contributed by atoms with Gasteiger partial charge in [-0.1, -0.05) is 24.3 Å². The van der Waals surface area contributed by atoms with Crippen LogP contribution in [0.15, 0.2) is 65.8 Å². The van der Waals surface area contributed by atoms with Crippen molar-refractivity contribution in [3.05, 3.63) is 66.7 Å². The molecule has 0 radical (unpaired) electrons. The van der Waals surface area contributed by atoms with Crippen LogP contribution in [0.3, 0.4) is 0 Å². The Balaban J connectivity index is 1.93. The minimum absolute atomic E-state index is 0.319. The van der Waals surface area contributed by atoms with E-state index in [4.69, 9.17) is 0 Å². The zero-order valence-electron chi connectivity index (χ0n) is 12.2. The maximum atomic E-state index is 13.4. The van der Waals surface area contributed by atoms with Crippen molar-refractivity contribution in [2.75, 3.05) is 0 Å². The van der Waals surface area contributed by atoms with E-state index in [1.807, 2.05) is 6.07 Å². The third-order valence-electron chi connectivity index (χ3n) is 3.60. The van der Waals surface area contributed by atoms with Crippen molar-refractivity contribution in [1.82, 2.24) is 13.9 Å². The monoisotopic (exact) mass is 345 g/mol. The molecule has 0 atom stereocenters. The normalized spacial score (nSPS) is 12.1. The van der Waals surface area contributed by atoms with Gasteiger partial charge in [-0.3, -0.25) is 8.96 Å². The van der Waals surface area contributed by atoms with Gasteiger partial charge in [0.05, 0.1) is 11.0 Å². The van der Waals surface area contributed by atoms with E-state index in [0.717, 1.165) is 26.7 Å². The van der Waals surface area contributed by atoms with E-state index in [1.54, 1.807) is 54.9 Å². The van der Waals surface area contributed by atoms with Gasteiger partial charge in [-0.2, -0.15) is 13.2 Å². The minimum atomic E-state index is -4.53. The molecule has 0 amide bonds. The van der Waals surface area contributed by atoms with Crippen molar-refractivity contribution in [2.24, 2.45) is 0 Å². The van der Waals surface area contributed by atoms with Gasteiger partial charge in [-0.25, -0.2) is 4.98 Å². The highest BCUT2D eigenvalue weighted by Gasteiger charge is 2.38. The summed E-state index contributed by atoms with van der Waals surface area (Å²) in [6.07, 6.45) is -1.21. The van der Waals surface area contributed by atoms with Gasteiger partial charge in [0.1, 0.15) is 0 Å². The Morgan fingerprint density at radius 2 is 1.79 bits per heavy atom. The molecule has 2 aromatic heterocycles. The van der Waals surface area contributed by atoms with Crippen LogP contribution in [0.2, 0.25) is 0 Å². The van der Waals surface area contributed by atoms with Crippen LogP contribution in [0.1, 0.15) is 5.82 Å². The number of pyridine rings is 1. The molecule has 0 N–H and O–H groups in total. The topological polar surface area (TPSA) is 30.7 Å². The summed E-state index contributed by atoms with van der Waals surface area (Å²) >= 11 is 1.01. The highest BCUT2D eigenvalue weighted by Crippen LogP contribution is 2.38. The standard InChI is InChI=1S/C17H10F3N3S/c18-17(19,20)16-22-13-5-1-2-6-14(13)23(16)24-15-7-3-4-11-10-21-9-8-12(11)15/h1-10H. The molecule has 7 heteroatoms. The lowest BCUT2D eigenvalue weighted by atomic mass is 10.2. The number of hydrogen-bond acceptors (Lipinski definition) is 3. The molecule has 120 valence electrons. The molecular weight excluding hydrogens is 335 g/mol. The van der Waals surface area contributed by atoms with E-state index < -0.39 is 12.0 Å². The summed E-state index contributed by atoms with van der Waals surface area (Å²) < 4.78 is 41.3. The summed E-state index contributed by atoms with van der Waals surface area (Å²) in [5, 5.41) is 1.73. The molecule has 0 bridgehead atoms. The Hall–Kier alpha value is -2.54. The van der Waals surface area contributed by atoms with Gasteiger partial charge in [-0.05, 0) is 36.2 Å². The Kier molecular flexibility index (Phi) is 3.45. The zero-order chi connectivity index (χ0) is 16.7. The van der Waals surface area contributed by atoms with Crippen LogP contribution in [0.25, 0.3) is 21.8 Å². The molecule has 3 nitrogen and oxygen atoms in total. The maximum Gasteiger partial charge on any atom is 0.450 e. The summed E-state index contributed by atoms with van der Waals surface area (Å²) in [5.74, 6) is -0.917. The van der Waals surface area contributed by atoms with Gasteiger partial charge in [0.25, 0.3) is 0 Å². The second-order valence-corrected chi connectivity index (χ2v) is 6.15. The number of nitrogens with zero attached hydrogens (tertiary/aromatic N) is 3. The van der Waals surface area contributed by atoms with Crippen molar-refractivity contribution in [2.45, 2.75) is 11.1 Å². The van der Waals surface area contributed by atoms with Gasteiger partial charge in [0, 0.05) is 28.1 Å². The molecule has 24 heavy (non-hydrogen) atoms. The van der Waals surface area contributed by atoms with Crippen LogP contribution in [0.4, 0.5) is 13.2 Å². The molecule has 2 heterocycles. The molecule has 0 fully saturated rings. The lowest BCUT2D eigenvalue weighted by molar-refractivity contribution is -0.144. The van der Waals surface area contributed by atoms with Crippen molar-refractivity contribution < 1.29 is 13.2 Å². The molecule has 0 saturated carbocycles. The number of rotatable bonds is 2. The lowest BCUT2D eigenvalue weighted by Crippen LogP contribution is -2.11. The van der Waals surface area contributed by atoms with Crippen molar-refractivity contribution in [1.29, 1.82) is 0 Å². The van der Waals surface area contributed by atoms with Crippen LogP contribution < -0.4 is 0 Å². The summed E-state index contributed by atoms with van der Waals surface area (Å²) in [6, 6.07) is 13.9. The fraction of sp³-hybridized carbons (Fsp3) is 0.0588. The van der Waals surface area contributed by atoms with Gasteiger partial charge >= 0.3 is 6.18 Å². The molecule has 4 rings (SSSR count). The van der Waals surface area contributed by atoms with Crippen molar-refractivity contribution in [3.8, 4) is 0 Å². The van der Waals surface area contributed by atoms with E-state index in [2.05, 4.69) is 9.97 Å². The molecule has 0 aliphatic heterocycles. The summed E-state index contributed by atoms with van der Waals surface area (Å²) in [6.45, 7) is 0. The van der Waals surface area contributed by atoms with Gasteiger partial charge in [0.15, 0.2) is 0 Å². The first-order valence-electron chi connectivity index (χ1n) is 7.10. The lowest BCUT2D eigenvalue weighted by Gasteiger charge is -2.11. The van der Waals surface area contributed by atoms with E-state index in [-0.39, 0.29) is 0 Å². The van der Waals surface area contributed by atoms with E-state index in [9.17, 15) is 13.2 Å². The molecule has 0 saturated heterocycles. The van der Waals surface area contributed by atoms with Gasteiger partial charge in [0.2, 0.25) is 5.82 Å². The SMILES string of the molecule is FC(F)(F)c1nc2ccccc2n1Sc1cccc2cnccc12. The second kappa shape index (κ2) is 5.52. The Labute approximate surface area is 139 Å². The van der Waals surface area contributed by atoms with Crippen LogP contribution in [-0.4, -0.2) is 13.9 Å². The number of hydrogen-bond donors (Lipinski definition) is 0. The average molecular weight is 345 g/mol. The fourth-order valence-electron chi connectivity index (χ4n) is 2.55. The van der Waals surface area contributed by atoms with E-state index in [1.165, 1.54) is 0 Å². The maximum absolute atomic E-state index is 13.4. The fourth-order valence-corrected chi connectivity index (χ4v) is 3.65. The third kappa shape index (κ3) is 2.50. The number of halogens is 3. The van der Waals surface area contributed by atoms with Crippen LogP contribution >= 0.6 is 11.9 Å². The van der Waals surface area contributed by atoms with Crippen molar-refractivity contribution in [3.63, 3.8) is 0 Å². The Morgan fingerprint density at radius 1 is 0.958 bits per heavy atom. The number of fused-ring (bicyclic) bond motifs is 2. The zero-order valence-corrected chi connectivity index (χ0v) is 13.0. The Bertz CT molecular complexity index is 1030. The predicted molar refractivity (Wildman–Crippen MR) is 87.7 cm³/mol. The third-order valence-corrected chi connectivity index (χ3v) is 4.71. The minimum Gasteiger partial charge on any atom is -0.264 e. The van der Waals surface area contributed by atoms with Crippen LogP contribution in [-0.2, 0) is 6.18 Å². The Morgan fingerprint density at radius 3 is 2.62 bits per heavy atom. The molecule has 0 unspecified atom stereocenters. The quantitative estimate of drug-likeness (QED) is 0.503. The van der Waals surface area contributed by atoms with Crippen LogP contribution in [0, 0.1) is 0 Å². The summed E-state index contributed by atoms with van der Waals surface area (Å²) in [4.78, 5) is 8.53. The van der Waals surface area contributed by atoms with Gasteiger partial charge < -0.3 is 0 Å². The highest BCUT2D eigenvalue weighted by molar-refractivity contribution is 7.98. The van der Waals surface area contributed by atoms with Gasteiger partial charge in [-0.15, -0.1) is 0 Å². The number of para-hydroxylation sites is 2. The number of benzene rings is 2. The van der Waals surface area contributed by atoms with Crippen molar-refractivity contribution >= 4 is 33.8 Å². The number of alkyl halides is 3. The molecule has 2 aromatic carbocycles. The molecule has 0 aliphatic rings. The molecular formula is C17H10F3N3S. The van der Waals surface area contributed by atoms with Crippen LogP contribution in [0.5, 0.6) is 0 Å². The molecule has 0 aliphatic carbocycles. The summed E-state index contributed by atoms with van der Waals surface area (Å²) in [5.41, 5.74) is 0.750. The summed E-state index contributed by atoms with van der Waals surface area (Å²) in [7, 11) is 0. The average Bonchev–Trinajstić information content (AvgIpc) is 2.94. The largest absolute Gasteiger partial charge is 0.450 e. The number of imidazole rings is 1. The number of aromatic nitrogens is 3. The second-order valence-electron chi connectivity index (χ2n) is 5.16. The highest BCUT2D eigenvalue weighted by atomic mass is 32.2. The predicted octanol–water partition coefficient (Wildman–Crippen LogP) is 5.16. The first-order valence-corrected chi connectivity index (χ1v) is 7.87. The molecule has 4 aromatic rings. The molecule has 0 spiro atoms. The first-order chi connectivity index (χ1) is 11.5. The van der Waals surface area contributed by atoms with E-state index >= 15 is 0 Å². The smallest absolute Gasteiger partial charge is 0.264 e. The first kappa shape index (κ1) is 15.0.